The van der Waals surface area contributed by atoms with Crippen molar-refractivity contribution < 1.29 is 4.74 Å². The van der Waals surface area contributed by atoms with E-state index in [0.717, 1.165) is 22.3 Å². The van der Waals surface area contributed by atoms with E-state index < -0.39 is 0 Å². The first-order valence-corrected chi connectivity index (χ1v) is 5.73. The van der Waals surface area contributed by atoms with Crippen LogP contribution in [-0.4, -0.2) is 11.1 Å². The van der Waals surface area contributed by atoms with Crippen LogP contribution in [0.15, 0.2) is 43.0 Å². The van der Waals surface area contributed by atoms with Gasteiger partial charge in [0.25, 0.3) is 0 Å². The SMILES string of the molecule is C=C[CH]c1ccc2cccc(OC(C)C)c2n1. The first-order valence-electron chi connectivity index (χ1n) is 5.73. The van der Waals surface area contributed by atoms with Crippen LogP contribution in [0.3, 0.4) is 0 Å². The van der Waals surface area contributed by atoms with Crippen molar-refractivity contribution in [2.75, 3.05) is 0 Å². The number of pyridine rings is 1. The van der Waals surface area contributed by atoms with Gasteiger partial charge in [-0.2, -0.15) is 0 Å². The average Bonchev–Trinajstić information content (AvgIpc) is 2.29. The summed E-state index contributed by atoms with van der Waals surface area (Å²) in [6, 6.07) is 9.99. The van der Waals surface area contributed by atoms with Crippen LogP contribution in [0.4, 0.5) is 0 Å². The maximum atomic E-state index is 5.76. The Kier molecular flexibility index (Phi) is 3.43. The minimum absolute atomic E-state index is 0.148. The third-order valence-electron chi connectivity index (χ3n) is 2.36. The summed E-state index contributed by atoms with van der Waals surface area (Å²) >= 11 is 0. The normalized spacial score (nSPS) is 10.8. The van der Waals surface area contributed by atoms with Gasteiger partial charge in [-0.05, 0) is 26.0 Å². The van der Waals surface area contributed by atoms with Crippen molar-refractivity contribution in [3.05, 3.63) is 55.1 Å². The van der Waals surface area contributed by atoms with E-state index in [4.69, 9.17) is 4.74 Å². The number of hydrogen-bond donors (Lipinski definition) is 0. The number of para-hydroxylation sites is 1. The first-order chi connectivity index (χ1) is 8.20. The summed E-state index contributed by atoms with van der Waals surface area (Å²) in [6.07, 6.45) is 3.76. The lowest BCUT2D eigenvalue weighted by Gasteiger charge is -2.12. The third-order valence-corrected chi connectivity index (χ3v) is 2.36. The molecule has 0 bridgehead atoms. The van der Waals surface area contributed by atoms with E-state index in [1.165, 1.54) is 0 Å². The van der Waals surface area contributed by atoms with Gasteiger partial charge < -0.3 is 4.74 Å². The third kappa shape index (κ3) is 2.64. The fourth-order valence-corrected chi connectivity index (χ4v) is 1.70. The van der Waals surface area contributed by atoms with Crippen molar-refractivity contribution in [2.24, 2.45) is 0 Å². The molecule has 1 radical (unpaired) electrons. The molecule has 0 saturated heterocycles. The summed E-state index contributed by atoms with van der Waals surface area (Å²) in [4.78, 5) is 4.57. The van der Waals surface area contributed by atoms with Crippen LogP contribution >= 0.6 is 0 Å². The van der Waals surface area contributed by atoms with Crippen LogP contribution in [0.25, 0.3) is 10.9 Å². The highest BCUT2D eigenvalue weighted by Crippen LogP contribution is 2.25. The van der Waals surface area contributed by atoms with Crippen molar-refractivity contribution in [3.8, 4) is 5.75 Å². The molecule has 0 atom stereocenters. The highest BCUT2D eigenvalue weighted by atomic mass is 16.5. The van der Waals surface area contributed by atoms with Crippen molar-refractivity contribution in [3.63, 3.8) is 0 Å². The first kappa shape index (κ1) is 11.6. The Morgan fingerprint density at radius 2 is 2.06 bits per heavy atom. The van der Waals surface area contributed by atoms with Gasteiger partial charge in [0.15, 0.2) is 0 Å². The second kappa shape index (κ2) is 5.00. The number of nitrogens with zero attached hydrogens (tertiary/aromatic N) is 1. The molecule has 2 rings (SSSR count). The molecule has 0 amide bonds. The van der Waals surface area contributed by atoms with Gasteiger partial charge in [-0.1, -0.05) is 24.3 Å². The lowest BCUT2D eigenvalue weighted by molar-refractivity contribution is 0.245. The molecule has 0 N–H and O–H groups in total. The Balaban J connectivity index is 2.51. The van der Waals surface area contributed by atoms with Gasteiger partial charge in [0.2, 0.25) is 0 Å². The zero-order valence-corrected chi connectivity index (χ0v) is 10.2. The summed E-state index contributed by atoms with van der Waals surface area (Å²) in [5.74, 6) is 0.830. The smallest absolute Gasteiger partial charge is 0.145 e. The summed E-state index contributed by atoms with van der Waals surface area (Å²) in [6.45, 7) is 7.70. The number of rotatable bonds is 4. The van der Waals surface area contributed by atoms with Crippen LogP contribution < -0.4 is 4.74 Å². The van der Waals surface area contributed by atoms with E-state index in [2.05, 4.69) is 11.6 Å². The number of hydrogen-bond acceptors (Lipinski definition) is 2. The van der Waals surface area contributed by atoms with E-state index in [1.807, 2.05) is 50.6 Å². The molecule has 0 unspecified atom stereocenters. The molecule has 2 aromatic rings. The van der Waals surface area contributed by atoms with Crippen LogP contribution in [0.1, 0.15) is 19.5 Å². The molecule has 0 aliphatic carbocycles. The molecule has 1 heterocycles. The molecular formula is C15H16NO. The summed E-state index contributed by atoms with van der Waals surface area (Å²) < 4.78 is 5.76. The van der Waals surface area contributed by atoms with Gasteiger partial charge in [-0.3, -0.25) is 0 Å². The zero-order valence-electron chi connectivity index (χ0n) is 10.2. The van der Waals surface area contributed by atoms with Crippen molar-refractivity contribution in [2.45, 2.75) is 20.0 Å². The lowest BCUT2D eigenvalue weighted by atomic mass is 10.1. The maximum absolute atomic E-state index is 5.76. The second-order valence-corrected chi connectivity index (χ2v) is 4.13. The molecule has 1 aromatic carbocycles. The average molecular weight is 226 g/mol. The Hall–Kier alpha value is -1.83. The molecular weight excluding hydrogens is 210 g/mol. The van der Waals surface area contributed by atoms with E-state index in [1.54, 1.807) is 6.08 Å². The van der Waals surface area contributed by atoms with E-state index in [9.17, 15) is 0 Å². The van der Waals surface area contributed by atoms with E-state index in [-0.39, 0.29) is 6.10 Å². The van der Waals surface area contributed by atoms with Gasteiger partial charge in [0.05, 0.1) is 6.10 Å². The molecule has 87 valence electrons. The summed E-state index contributed by atoms with van der Waals surface area (Å²) in [5.41, 5.74) is 1.80. The Bertz CT molecular complexity index is 531. The molecule has 0 fully saturated rings. The van der Waals surface area contributed by atoms with E-state index >= 15 is 0 Å². The number of allylic oxidation sites excluding steroid dienone is 1. The minimum atomic E-state index is 0.148. The van der Waals surface area contributed by atoms with Crippen LogP contribution in [-0.2, 0) is 0 Å². The quantitative estimate of drug-likeness (QED) is 0.792. The Labute approximate surface area is 102 Å². The van der Waals surface area contributed by atoms with Gasteiger partial charge in [0.1, 0.15) is 11.3 Å². The summed E-state index contributed by atoms with van der Waals surface area (Å²) in [5, 5.41) is 1.09. The largest absolute Gasteiger partial charge is 0.489 e. The minimum Gasteiger partial charge on any atom is -0.489 e. The topological polar surface area (TPSA) is 22.1 Å². The molecule has 0 saturated carbocycles. The molecule has 2 nitrogen and oxygen atoms in total. The van der Waals surface area contributed by atoms with Crippen molar-refractivity contribution in [1.29, 1.82) is 0 Å². The maximum Gasteiger partial charge on any atom is 0.145 e. The monoisotopic (exact) mass is 226 g/mol. The molecule has 2 heteroatoms. The van der Waals surface area contributed by atoms with Crippen molar-refractivity contribution >= 4 is 10.9 Å². The Morgan fingerprint density at radius 3 is 2.76 bits per heavy atom. The second-order valence-electron chi connectivity index (χ2n) is 4.13. The molecule has 0 aliphatic heterocycles. The van der Waals surface area contributed by atoms with Gasteiger partial charge in [0, 0.05) is 17.5 Å². The zero-order chi connectivity index (χ0) is 12.3. The fraction of sp³-hybridized carbons (Fsp3) is 0.200. The number of aromatic nitrogens is 1. The van der Waals surface area contributed by atoms with Crippen LogP contribution in [0.5, 0.6) is 5.75 Å². The van der Waals surface area contributed by atoms with Crippen LogP contribution in [0.2, 0.25) is 0 Å². The predicted molar refractivity (Wildman–Crippen MR) is 71.1 cm³/mol. The highest BCUT2D eigenvalue weighted by molar-refractivity contribution is 5.84. The van der Waals surface area contributed by atoms with Gasteiger partial charge in [-0.25, -0.2) is 4.98 Å². The van der Waals surface area contributed by atoms with E-state index in [0.29, 0.717) is 0 Å². The highest BCUT2D eigenvalue weighted by Gasteiger charge is 2.06. The molecule has 17 heavy (non-hydrogen) atoms. The molecule has 0 aliphatic rings. The van der Waals surface area contributed by atoms with Gasteiger partial charge in [-0.15, -0.1) is 6.58 Å². The molecule has 1 aromatic heterocycles. The predicted octanol–water partition coefficient (Wildman–Crippen LogP) is 3.76. The molecule has 0 spiro atoms. The van der Waals surface area contributed by atoms with Gasteiger partial charge >= 0.3 is 0 Å². The fourth-order valence-electron chi connectivity index (χ4n) is 1.70. The number of fused-ring (bicyclic) bond motifs is 1. The standard InChI is InChI=1S/C15H16NO/c1-4-6-13-10-9-12-7-5-8-14(15(12)16-13)17-11(2)3/h4-11H,1H2,2-3H3. The Morgan fingerprint density at radius 1 is 1.24 bits per heavy atom. The number of benzene rings is 1. The summed E-state index contributed by atoms with van der Waals surface area (Å²) in [7, 11) is 0. The lowest BCUT2D eigenvalue weighted by Crippen LogP contribution is -2.06. The van der Waals surface area contributed by atoms with Crippen molar-refractivity contribution in [1.82, 2.24) is 4.98 Å². The number of ether oxygens (including phenoxy) is 1. The van der Waals surface area contributed by atoms with Crippen LogP contribution in [0, 0.1) is 6.42 Å².